The van der Waals surface area contributed by atoms with Crippen LogP contribution in [-0.2, 0) is 6.42 Å². The number of nitrogens with one attached hydrogen (secondary N) is 2. The fraction of sp³-hybridized carbons (Fsp3) is 0.556. The maximum atomic E-state index is 4.41. The van der Waals surface area contributed by atoms with Gasteiger partial charge in [-0.15, -0.1) is 0 Å². The van der Waals surface area contributed by atoms with E-state index in [9.17, 15) is 0 Å². The maximum absolute atomic E-state index is 4.41. The number of nitrogens with zero attached hydrogens (tertiary/aromatic N) is 3. The molecule has 1 aromatic heterocycles. The van der Waals surface area contributed by atoms with Gasteiger partial charge in [0.2, 0.25) is 0 Å². The summed E-state index contributed by atoms with van der Waals surface area (Å²) < 4.78 is 0. The van der Waals surface area contributed by atoms with E-state index in [1.165, 1.54) is 31.5 Å². The van der Waals surface area contributed by atoms with E-state index >= 15 is 0 Å². The van der Waals surface area contributed by atoms with Crippen LogP contribution in [0, 0.1) is 6.92 Å². The minimum atomic E-state index is 0.209. The Bertz CT molecular complexity index is 586. The van der Waals surface area contributed by atoms with Gasteiger partial charge in [0.1, 0.15) is 5.82 Å². The van der Waals surface area contributed by atoms with Gasteiger partial charge in [0.25, 0.3) is 0 Å². The second kappa shape index (κ2) is 7.70. The van der Waals surface area contributed by atoms with Gasteiger partial charge in [0.15, 0.2) is 5.82 Å². The monoisotopic (exact) mass is 313 g/mol. The summed E-state index contributed by atoms with van der Waals surface area (Å²) in [4.78, 5) is 6.99. The van der Waals surface area contributed by atoms with Gasteiger partial charge in [-0.25, -0.2) is 4.98 Å². The fourth-order valence-corrected chi connectivity index (χ4v) is 3.24. The Morgan fingerprint density at radius 2 is 2.00 bits per heavy atom. The topological polar surface area (TPSA) is 56.8 Å². The van der Waals surface area contributed by atoms with E-state index < -0.39 is 0 Å². The highest BCUT2D eigenvalue weighted by atomic mass is 15.2. The highest BCUT2D eigenvalue weighted by molar-refractivity contribution is 5.14. The minimum Gasteiger partial charge on any atom is -0.305 e. The van der Waals surface area contributed by atoms with Crippen LogP contribution in [0.2, 0.25) is 0 Å². The first kappa shape index (κ1) is 16.1. The molecule has 1 aliphatic heterocycles. The third-order valence-electron chi connectivity index (χ3n) is 4.63. The fourth-order valence-electron chi connectivity index (χ4n) is 3.24. The second-order valence-electron chi connectivity index (χ2n) is 6.52. The molecule has 0 bridgehead atoms. The lowest BCUT2D eigenvalue weighted by Gasteiger charge is -2.33. The normalized spacial score (nSPS) is 18.2. The molecule has 5 heteroatoms. The zero-order valence-corrected chi connectivity index (χ0v) is 14.1. The summed E-state index contributed by atoms with van der Waals surface area (Å²) >= 11 is 0. The molecular formula is C18H27N5. The molecule has 3 rings (SSSR count). The van der Waals surface area contributed by atoms with Gasteiger partial charge in [-0.05, 0) is 51.8 Å². The lowest BCUT2D eigenvalue weighted by molar-refractivity contribution is 0.193. The van der Waals surface area contributed by atoms with Crippen LogP contribution in [0.5, 0.6) is 0 Å². The molecule has 0 radical (unpaired) electrons. The Morgan fingerprint density at radius 3 is 2.65 bits per heavy atom. The summed E-state index contributed by atoms with van der Waals surface area (Å²) in [5.41, 5.74) is 1.43. The van der Waals surface area contributed by atoms with Gasteiger partial charge in [-0.1, -0.05) is 30.3 Å². The van der Waals surface area contributed by atoms with Crippen molar-refractivity contribution in [2.45, 2.75) is 45.2 Å². The quantitative estimate of drug-likeness (QED) is 0.860. The SMILES string of the molecule is Cc1nc(C(C)NC2CCN(CCc3ccccc3)CC2)n[nH]1. The summed E-state index contributed by atoms with van der Waals surface area (Å²) in [6.45, 7) is 7.58. The van der Waals surface area contributed by atoms with Crippen molar-refractivity contribution in [3.63, 3.8) is 0 Å². The predicted octanol–water partition coefficient (Wildman–Crippen LogP) is 2.47. The van der Waals surface area contributed by atoms with E-state index in [1.807, 2.05) is 6.92 Å². The average Bonchev–Trinajstić information content (AvgIpc) is 3.02. The van der Waals surface area contributed by atoms with Gasteiger partial charge < -0.3 is 10.2 Å². The van der Waals surface area contributed by atoms with Crippen LogP contribution < -0.4 is 5.32 Å². The van der Waals surface area contributed by atoms with Gasteiger partial charge in [0.05, 0.1) is 6.04 Å². The molecule has 1 atom stereocenters. The van der Waals surface area contributed by atoms with Crippen molar-refractivity contribution < 1.29 is 0 Å². The van der Waals surface area contributed by atoms with E-state index in [1.54, 1.807) is 0 Å². The second-order valence-corrected chi connectivity index (χ2v) is 6.52. The van der Waals surface area contributed by atoms with E-state index in [2.05, 4.69) is 62.7 Å². The van der Waals surface area contributed by atoms with Crippen LogP contribution in [0.3, 0.4) is 0 Å². The van der Waals surface area contributed by atoms with Gasteiger partial charge in [0, 0.05) is 12.6 Å². The van der Waals surface area contributed by atoms with E-state index in [-0.39, 0.29) is 6.04 Å². The van der Waals surface area contributed by atoms with Crippen molar-refractivity contribution in [3.05, 3.63) is 47.5 Å². The van der Waals surface area contributed by atoms with E-state index in [0.29, 0.717) is 6.04 Å². The molecule has 1 aromatic carbocycles. The number of hydrogen-bond acceptors (Lipinski definition) is 4. The molecule has 1 saturated heterocycles. The Kier molecular flexibility index (Phi) is 5.41. The lowest BCUT2D eigenvalue weighted by Crippen LogP contribution is -2.44. The number of likely N-dealkylation sites (tertiary alicyclic amines) is 1. The molecular weight excluding hydrogens is 286 g/mol. The summed E-state index contributed by atoms with van der Waals surface area (Å²) in [6, 6.07) is 11.5. The van der Waals surface area contributed by atoms with Crippen LogP contribution in [0.15, 0.2) is 30.3 Å². The minimum absolute atomic E-state index is 0.209. The molecule has 0 saturated carbocycles. The van der Waals surface area contributed by atoms with Crippen molar-refractivity contribution in [1.29, 1.82) is 0 Å². The van der Waals surface area contributed by atoms with Crippen LogP contribution >= 0.6 is 0 Å². The zero-order valence-electron chi connectivity index (χ0n) is 14.1. The molecule has 1 fully saturated rings. The third kappa shape index (κ3) is 4.62. The maximum Gasteiger partial charge on any atom is 0.167 e. The van der Waals surface area contributed by atoms with Gasteiger partial charge in [-0.2, -0.15) is 5.10 Å². The van der Waals surface area contributed by atoms with Crippen LogP contribution in [0.1, 0.15) is 43.0 Å². The Hall–Kier alpha value is -1.72. The average molecular weight is 313 g/mol. The Morgan fingerprint density at radius 1 is 1.26 bits per heavy atom. The van der Waals surface area contributed by atoms with Crippen molar-refractivity contribution in [2.24, 2.45) is 0 Å². The highest BCUT2D eigenvalue weighted by Gasteiger charge is 2.21. The van der Waals surface area contributed by atoms with Crippen LogP contribution in [0.25, 0.3) is 0 Å². The van der Waals surface area contributed by atoms with Crippen molar-refractivity contribution in [2.75, 3.05) is 19.6 Å². The Balaban J connectivity index is 1.40. The third-order valence-corrected chi connectivity index (χ3v) is 4.63. The molecule has 1 aliphatic rings. The number of benzene rings is 1. The number of aryl methyl sites for hydroxylation is 1. The highest BCUT2D eigenvalue weighted by Crippen LogP contribution is 2.15. The smallest absolute Gasteiger partial charge is 0.167 e. The predicted molar refractivity (Wildman–Crippen MR) is 92.3 cm³/mol. The molecule has 0 spiro atoms. The summed E-state index contributed by atoms with van der Waals surface area (Å²) in [5.74, 6) is 1.75. The Labute approximate surface area is 138 Å². The molecule has 23 heavy (non-hydrogen) atoms. The number of H-pyrrole nitrogens is 1. The molecule has 2 N–H and O–H groups in total. The number of aromatic nitrogens is 3. The first-order valence-corrected chi connectivity index (χ1v) is 8.62. The molecule has 0 aliphatic carbocycles. The standard InChI is InChI=1S/C18H27N5/c1-14(18-20-15(2)21-22-18)19-17-9-12-23(13-10-17)11-8-16-6-4-3-5-7-16/h3-7,14,17,19H,8-13H2,1-2H3,(H,20,21,22). The molecule has 2 heterocycles. The number of rotatable bonds is 6. The summed E-state index contributed by atoms with van der Waals surface area (Å²) in [7, 11) is 0. The first-order chi connectivity index (χ1) is 11.2. The molecule has 124 valence electrons. The molecule has 1 unspecified atom stereocenters. The number of piperidine rings is 1. The van der Waals surface area contributed by atoms with Crippen LogP contribution in [-0.4, -0.2) is 45.8 Å². The van der Waals surface area contributed by atoms with Gasteiger partial charge >= 0.3 is 0 Å². The van der Waals surface area contributed by atoms with Crippen LogP contribution in [0.4, 0.5) is 0 Å². The largest absolute Gasteiger partial charge is 0.305 e. The first-order valence-electron chi connectivity index (χ1n) is 8.62. The molecule has 0 amide bonds. The molecule has 5 nitrogen and oxygen atoms in total. The van der Waals surface area contributed by atoms with Gasteiger partial charge in [-0.3, -0.25) is 5.10 Å². The van der Waals surface area contributed by atoms with Crippen molar-refractivity contribution >= 4 is 0 Å². The van der Waals surface area contributed by atoms with Crippen molar-refractivity contribution in [3.8, 4) is 0 Å². The number of aromatic amines is 1. The summed E-state index contributed by atoms with van der Waals surface area (Å²) in [6.07, 6.45) is 3.54. The van der Waals surface area contributed by atoms with E-state index in [4.69, 9.17) is 0 Å². The molecule has 2 aromatic rings. The zero-order chi connectivity index (χ0) is 16.1. The lowest BCUT2D eigenvalue weighted by atomic mass is 10.0. The summed E-state index contributed by atoms with van der Waals surface area (Å²) in [5, 5.41) is 10.8. The van der Waals surface area contributed by atoms with E-state index in [0.717, 1.165) is 24.6 Å². The number of hydrogen-bond donors (Lipinski definition) is 2. The van der Waals surface area contributed by atoms with Crippen molar-refractivity contribution in [1.82, 2.24) is 25.4 Å².